The van der Waals surface area contributed by atoms with E-state index in [-0.39, 0.29) is 19.0 Å². The van der Waals surface area contributed by atoms with Crippen LogP contribution < -0.4 is 10.1 Å². The summed E-state index contributed by atoms with van der Waals surface area (Å²) >= 11 is 0. The number of methoxy groups -OCH3 is 1. The second-order valence-electron chi connectivity index (χ2n) is 5.08. The predicted octanol–water partition coefficient (Wildman–Crippen LogP) is 1.85. The fourth-order valence-electron chi connectivity index (χ4n) is 2.52. The molecule has 0 aliphatic heterocycles. The maximum Gasteiger partial charge on any atom is 0.183 e. The van der Waals surface area contributed by atoms with Crippen LogP contribution in [0.2, 0.25) is 0 Å². The lowest BCUT2D eigenvalue weighted by atomic mass is 10.1. The second kappa shape index (κ2) is 6.80. The van der Waals surface area contributed by atoms with Gasteiger partial charge in [0.05, 0.1) is 47.6 Å². The number of hydrogen-bond donors (Lipinski definition) is 3. The van der Waals surface area contributed by atoms with Crippen LogP contribution in [0.3, 0.4) is 0 Å². The van der Waals surface area contributed by atoms with E-state index >= 15 is 0 Å². The number of aryl methyl sites for hydroxylation is 1. The second-order valence-corrected chi connectivity index (χ2v) is 5.08. The molecule has 0 amide bonds. The van der Waals surface area contributed by atoms with E-state index in [4.69, 9.17) is 18.7 Å². The van der Waals surface area contributed by atoms with E-state index in [1.54, 1.807) is 18.2 Å². The summed E-state index contributed by atoms with van der Waals surface area (Å²) in [5.74, 6) is 0.236. The number of aromatic amines is 1. The SMILES string of the molecule is [2H]C([2H])([2H])Oc1ccc2nc3n[nH]c(C)c3c(NCCOCCO)c2c1. The number of aliphatic hydroxyl groups is 1. The summed E-state index contributed by atoms with van der Waals surface area (Å²) in [6, 6.07) is 4.92. The van der Waals surface area contributed by atoms with Gasteiger partial charge in [-0.05, 0) is 25.1 Å². The Hall–Kier alpha value is -2.38. The third-order valence-electron chi connectivity index (χ3n) is 3.54. The molecule has 23 heavy (non-hydrogen) atoms. The molecule has 0 spiro atoms. The monoisotopic (exact) mass is 319 g/mol. The van der Waals surface area contributed by atoms with Crippen LogP contribution in [0.4, 0.5) is 5.69 Å². The molecule has 2 aromatic heterocycles. The van der Waals surface area contributed by atoms with Gasteiger partial charge < -0.3 is 19.9 Å². The predicted molar refractivity (Wildman–Crippen MR) is 89.1 cm³/mol. The number of nitrogens with one attached hydrogen (secondary N) is 2. The summed E-state index contributed by atoms with van der Waals surface area (Å²) in [5.41, 5.74) is 2.86. The van der Waals surface area contributed by atoms with Crippen molar-refractivity contribution in [2.24, 2.45) is 0 Å². The van der Waals surface area contributed by atoms with E-state index in [0.717, 1.165) is 22.2 Å². The number of ether oxygens (including phenoxy) is 2. The van der Waals surface area contributed by atoms with Crippen molar-refractivity contribution in [3.63, 3.8) is 0 Å². The molecule has 0 bridgehead atoms. The van der Waals surface area contributed by atoms with Crippen molar-refractivity contribution in [2.45, 2.75) is 6.92 Å². The molecule has 3 N–H and O–H groups in total. The molecule has 0 atom stereocenters. The Morgan fingerprint density at radius 1 is 1.39 bits per heavy atom. The summed E-state index contributed by atoms with van der Waals surface area (Å²) in [6.45, 7) is 3.05. The van der Waals surface area contributed by atoms with Crippen LogP contribution in [0.25, 0.3) is 21.9 Å². The van der Waals surface area contributed by atoms with Crippen LogP contribution in [0.15, 0.2) is 18.2 Å². The normalized spacial score (nSPS) is 13.7. The standard InChI is InChI=1S/C16H20N4O3/c1-10-14-15(17-5-7-23-8-6-21)12-9-11(22-2)3-4-13(12)18-16(14)20-19-10/h3-4,9,21H,5-8H2,1-2H3,(H2,17,18,19,20)/i2D3. The number of aromatic nitrogens is 3. The van der Waals surface area contributed by atoms with E-state index in [0.29, 0.717) is 24.3 Å². The maximum atomic E-state index is 8.77. The molecular weight excluding hydrogens is 296 g/mol. The minimum Gasteiger partial charge on any atom is -0.497 e. The Bertz CT molecular complexity index is 911. The smallest absolute Gasteiger partial charge is 0.183 e. The zero-order chi connectivity index (χ0) is 18.7. The molecule has 2 heterocycles. The molecule has 122 valence electrons. The van der Waals surface area contributed by atoms with Crippen molar-refractivity contribution >= 4 is 27.6 Å². The van der Waals surface area contributed by atoms with Gasteiger partial charge in [0.1, 0.15) is 5.75 Å². The Kier molecular flexibility index (Phi) is 3.58. The molecule has 0 fully saturated rings. The first-order valence-electron chi connectivity index (χ1n) is 8.79. The first-order chi connectivity index (χ1) is 12.4. The van der Waals surface area contributed by atoms with Crippen molar-refractivity contribution in [3.8, 4) is 5.75 Å². The first-order valence-corrected chi connectivity index (χ1v) is 7.29. The quantitative estimate of drug-likeness (QED) is 0.576. The highest BCUT2D eigenvalue weighted by molar-refractivity contribution is 6.07. The molecule has 0 aliphatic rings. The van der Waals surface area contributed by atoms with Gasteiger partial charge in [0.15, 0.2) is 5.65 Å². The van der Waals surface area contributed by atoms with Gasteiger partial charge in [0.25, 0.3) is 0 Å². The van der Waals surface area contributed by atoms with Crippen LogP contribution in [0.5, 0.6) is 5.75 Å². The Balaban J connectivity index is 2.02. The zero-order valence-corrected chi connectivity index (χ0v) is 12.7. The molecule has 3 aromatic rings. The van der Waals surface area contributed by atoms with E-state index in [2.05, 4.69) is 20.5 Å². The number of H-pyrrole nitrogens is 1. The van der Waals surface area contributed by atoms with Crippen molar-refractivity contribution < 1.29 is 18.7 Å². The Labute approximate surface area is 137 Å². The summed E-state index contributed by atoms with van der Waals surface area (Å²) in [6.07, 6.45) is 0. The number of hydrogen-bond acceptors (Lipinski definition) is 6. The minimum atomic E-state index is -2.53. The van der Waals surface area contributed by atoms with Gasteiger partial charge in [-0.2, -0.15) is 5.10 Å². The maximum absolute atomic E-state index is 8.77. The molecule has 7 nitrogen and oxygen atoms in total. The van der Waals surface area contributed by atoms with Gasteiger partial charge in [0, 0.05) is 17.6 Å². The molecule has 7 heteroatoms. The van der Waals surface area contributed by atoms with Gasteiger partial charge in [-0.3, -0.25) is 5.10 Å². The third kappa shape index (κ3) is 3.06. The van der Waals surface area contributed by atoms with Crippen molar-refractivity contribution in [1.29, 1.82) is 0 Å². The van der Waals surface area contributed by atoms with Crippen molar-refractivity contribution in [2.75, 3.05) is 38.7 Å². The number of nitrogens with zero attached hydrogens (tertiary/aromatic N) is 2. The molecule has 0 aliphatic carbocycles. The molecule has 0 unspecified atom stereocenters. The molecular formula is C16H20N4O3. The minimum absolute atomic E-state index is 0.0287. The van der Waals surface area contributed by atoms with Crippen LogP contribution in [0, 0.1) is 6.92 Å². The fraction of sp³-hybridized carbons (Fsp3) is 0.375. The highest BCUT2D eigenvalue weighted by Crippen LogP contribution is 2.33. The van der Waals surface area contributed by atoms with Crippen molar-refractivity contribution in [1.82, 2.24) is 15.2 Å². The molecule has 0 saturated heterocycles. The summed E-state index contributed by atoms with van der Waals surface area (Å²) in [5, 5.41) is 20.8. The van der Waals surface area contributed by atoms with E-state index < -0.39 is 7.04 Å². The number of pyridine rings is 1. The van der Waals surface area contributed by atoms with Gasteiger partial charge in [-0.25, -0.2) is 4.98 Å². The van der Waals surface area contributed by atoms with Gasteiger partial charge in [-0.15, -0.1) is 0 Å². The lowest BCUT2D eigenvalue weighted by Gasteiger charge is -2.12. The molecule has 3 rings (SSSR count). The fourth-order valence-corrected chi connectivity index (χ4v) is 2.52. The van der Waals surface area contributed by atoms with E-state index in [9.17, 15) is 0 Å². The van der Waals surface area contributed by atoms with Gasteiger partial charge in [-0.1, -0.05) is 0 Å². The Morgan fingerprint density at radius 2 is 2.30 bits per heavy atom. The zero-order valence-electron chi connectivity index (χ0n) is 15.7. The molecule has 1 aromatic carbocycles. The van der Waals surface area contributed by atoms with Crippen molar-refractivity contribution in [3.05, 3.63) is 23.9 Å². The summed E-state index contributed by atoms with van der Waals surface area (Å²) in [7, 11) is -2.53. The number of rotatable bonds is 7. The topological polar surface area (TPSA) is 92.3 Å². The molecule has 0 saturated carbocycles. The number of anilines is 1. The van der Waals surface area contributed by atoms with Gasteiger partial charge >= 0.3 is 0 Å². The van der Waals surface area contributed by atoms with Gasteiger partial charge in [0.2, 0.25) is 0 Å². The number of fused-ring (bicyclic) bond motifs is 2. The van der Waals surface area contributed by atoms with Crippen LogP contribution >= 0.6 is 0 Å². The summed E-state index contributed by atoms with van der Waals surface area (Å²) in [4.78, 5) is 4.51. The number of aliphatic hydroxyl groups excluding tert-OH is 1. The lowest BCUT2D eigenvalue weighted by molar-refractivity contribution is 0.0992. The van der Waals surface area contributed by atoms with E-state index in [1.165, 1.54) is 0 Å². The average Bonchev–Trinajstić information content (AvgIpc) is 2.93. The summed E-state index contributed by atoms with van der Waals surface area (Å²) < 4.78 is 32.1. The molecule has 0 radical (unpaired) electrons. The van der Waals surface area contributed by atoms with Crippen LogP contribution in [-0.2, 0) is 4.74 Å². The number of benzene rings is 1. The highest BCUT2D eigenvalue weighted by atomic mass is 16.5. The third-order valence-corrected chi connectivity index (χ3v) is 3.54. The largest absolute Gasteiger partial charge is 0.497 e. The highest BCUT2D eigenvalue weighted by Gasteiger charge is 2.14. The van der Waals surface area contributed by atoms with Crippen LogP contribution in [0.1, 0.15) is 9.81 Å². The lowest BCUT2D eigenvalue weighted by Crippen LogP contribution is -2.12. The Morgan fingerprint density at radius 3 is 3.13 bits per heavy atom. The average molecular weight is 319 g/mol. The van der Waals surface area contributed by atoms with E-state index in [1.807, 2.05) is 6.92 Å². The van der Waals surface area contributed by atoms with Crippen LogP contribution in [-0.4, -0.2) is 53.7 Å². The first kappa shape index (κ1) is 12.1.